The molecule has 0 saturated carbocycles. The number of nitrogens with zero attached hydrogens (tertiary/aromatic N) is 2. The molecule has 16 heavy (non-hydrogen) atoms. The highest BCUT2D eigenvalue weighted by molar-refractivity contribution is 7.91. The zero-order chi connectivity index (χ0) is 12.7. The fraction of sp³-hybridized carbons (Fsp3) is 0. The lowest BCUT2D eigenvalue weighted by Crippen LogP contribution is -2.12. The van der Waals surface area contributed by atoms with Gasteiger partial charge < -0.3 is 0 Å². The normalized spacial score (nSPS) is 11.4. The molecule has 1 rings (SSSR count). The summed E-state index contributed by atoms with van der Waals surface area (Å²) < 4.78 is 20.4. The van der Waals surface area contributed by atoms with Gasteiger partial charge in [-0.25, -0.2) is 13.6 Å². The minimum atomic E-state index is -4.43. The molecule has 0 aliphatic heterocycles. The van der Waals surface area contributed by atoms with Crippen LogP contribution >= 0.6 is 22.9 Å². The van der Waals surface area contributed by atoms with Gasteiger partial charge in [0.15, 0.2) is 4.34 Å². The van der Waals surface area contributed by atoms with Crippen LogP contribution in [0.4, 0.5) is 11.4 Å². The number of rotatable bonds is 3. The van der Waals surface area contributed by atoms with Gasteiger partial charge >= 0.3 is 11.4 Å². The van der Waals surface area contributed by atoms with E-state index in [1.807, 2.05) is 0 Å². The molecule has 0 fully saturated rings. The van der Waals surface area contributed by atoms with Crippen molar-refractivity contribution < 1.29 is 18.3 Å². The Morgan fingerprint density at radius 2 is 1.62 bits per heavy atom. The zero-order valence-corrected chi connectivity index (χ0v) is 9.50. The maximum absolute atomic E-state index is 10.9. The van der Waals surface area contributed by atoms with E-state index in [0.717, 1.165) is 0 Å². The van der Waals surface area contributed by atoms with Crippen molar-refractivity contribution in [1.82, 2.24) is 0 Å². The van der Waals surface area contributed by atoms with Gasteiger partial charge in [-0.15, -0.1) is 0 Å². The van der Waals surface area contributed by atoms with Gasteiger partial charge in [-0.05, 0) is 0 Å². The van der Waals surface area contributed by atoms with Crippen LogP contribution in [0.25, 0.3) is 0 Å². The van der Waals surface area contributed by atoms with Crippen molar-refractivity contribution in [3.63, 3.8) is 0 Å². The molecule has 0 saturated heterocycles. The Bertz CT molecular complexity index is 577. The Balaban J connectivity index is 3.74. The van der Waals surface area contributed by atoms with Gasteiger partial charge in [0, 0.05) is 0 Å². The molecule has 0 radical (unpaired) electrons. The fourth-order valence-corrected chi connectivity index (χ4v) is 3.26. The van der Waals surface area contributed by atoms with Crippen molar-refractivity contribution in [1.29, 1.82) is 0 Å². The Morgan fingerprint density at radius 1 is 1.19 bits per heavy atom. The second-order valence-electron chi connectivity index (χ2n) is 2.42. The van der Waals surface area contributed by atoms with Crippen LogP contribution in [0.5, 0.6) is 0 Å². The molecule has 0 unspecified atom stereocenters. The van der Waals surface area contributed by atoms with Crippen LogP contribution in [-0.4, -0.2) is 18.3 Å². The van der Waals surface area contributed by atoms with Gasteiger partial charge in [0.25, 0.3) is 10.0 Å². The molecule has 9 nitrogen and oxygen atoms in total. The molecule has 2 N–H and O–H groups in total. The Hall–Kier alpha value is -1.30. The summed E-state index contributed by atoms with van der Waals surface area (Å²) in [5, 5.41) is 25.7. The van der Waals surface area contributed by atoms with Gasteiger partial charge in [-0.1, -0.05) is 22.9 Å². The van der Waals surface area contributed by atoms with E-state index in [-0.39, 0.29) is 11.3 Å². The lowest BCUT2D eigenvalue weighted by molar-refractivity contribution is -0.423. The second kappa shape index (κ2) is 3.93. The van der Waals surface area contributed by atoms with Crippen molar-refractivity contribution in [3.05, 3.63) is 24.6 Å². The summed E-state index contributed by atoms with van der Waals surface area (Å²) in [4.78, 5) is 18.7. The van der Waals surface area contributed by atoms with E-state index in [9.17, 15) is 28.6 Å². The molecule has 0 amide bonds. The molecule has 0 atom stereocenters. The maximum Gasteiger partial charge on any atom is 0.378 e. The topological polar surface area (TPSA) is 146 Å². The smallest absolute Gasteiger partial charge is 0.258 e. The average molecular weight is 288 g/mol. The number of primary sulfonamides is 1. The first-order chi connectivity index (χ1) is 7.16. The number of sulfonamides is 1. The summed E-state index contributed by atoms with van der Waals surface area (Å²) in [5.41, 5.74) is -2.27. The molecular weight excluding hydrogens is 286 g/mol. The molecular formula is C4H2ClN3O6S2. The number of hydrogen-bond donors (Lipinski definition) is 1. The Labute approximate surface area is 96.8 Å². The molecule has 0 aliphatic carbocycles. The highest BCUT2D eigenvalue weighted by Gasteiger charge is 2.40. The monoisotopic (exact) mass is 287 g/mol. The van der Waals surface area contributed by atoms with Crippen LogP contribution in [0, 0.1) is 20.2 Å². The van der Waals surface area contributed by atoms with E-state index in [0.29, 0.717) is 0 Å². The number of thiophene rings is 1. The number of nitro groups is 2. The first kappa shape index (κ1) is 12.8. The number of halogens is 1. The molecule has 0 spiro atoms. The highest BCUT2D eigenvalue weighted by atomic mass is 35.5. The molecule has 12 heteroatoms. The fourth-order valence-electron chi connectivity index (χ4n) is 0.880. The van der Waals surface area contributed by atoms with E-state index in [1.165, 1.54) is 0 Å². The van der Waals surface area contributed by atoms with Gasteiger partial charge in [0.2, 0.25) is 4.21 Å². The van der Waals surface area contributed by atoms with Crippen molar-refractivity contribution in [2.45, 2.75) is 4.21 Å². The number of hydrogen-bond acceptors (Lipinski definition) is 7. The zero-order valence-electron chi connectivity index (χ0n) is 7.12. The third-order valence-corrected chi connectivity index (χ3v) is 4.23. The predicted octanol–water partition coefficient (Wildman–Crippen LogP) is 0.865. The lowest BCUT2D eigenvalue weighted by Gasteiger charge is -1.92. The van der Waals surface area contributed by atoms with E-state index in [2.05, 4.69) is 5.14 Å². The van der Waals surface area contributed by atoms with E-state index in [4.69, 9.17) is 11.6 Å². The highest BCUT2D eigenvalue weighted by Crippen LogP contribution is 2.46. The number of nitrogens with two attached hydrogens (primary N) is 1. The molecule has 88 valence electrons. The summed E-state index contributed by atoms with van der Waals surface area (Å²) in [7, 11) is -4.43. The average Bonchev–Trinajstić information content (AvgIpc) is 2.41. The van der Waals surface area contributed by atoms with Gasteiger partial charge in [0.1, 0.15) is 0 Å². The molecule has 1 heterocycles. The standard InChI is InChI=1S/C4H2ClN3O6S2/c5-3-1(7(9)10)2(8(11)12)4(15-3)16(6,13)14/h(H2,6,13,14). The van der Waals surface area contributed by atoms with E-state index >= 15 is 0 Å². The minimum Gasteiger partial charge on any atom is -0.258 e. The van der Waals surface area contributed by atoms with Crippen LogP contribution < -0.4 is 5.14 Å². The predicted molar refractivity (Wildman–Crippen MR) is 54.0 cm³/mol. The summed E-state index contributed by atoms with van der Waals surface area (Å²) in [6, 6.07) is 0. The van der Waals surface area contributed by atoms with E-state index < -0.39 is 39.8 Å². The molecule has 1 aromatic rings. The van der Waals surface area contributed by atoms with Crippen molar-refractivity contribution in [2.24, 2.45) is 5.14 Å². The maximum atomic E-state index is 10.9. The van der Waals surface area contributed by atoms with Crippen LogP contribution in [0.15, 0.2) is 4.21 Å². The first-order valence-electron chi connectivity index (χ1n) is 3.30. The third kappa shape index (κ3) is 2.11. The largest absolute Gasteiger partial charge is 0.378 e. The third-order valence-electron chi connectivity index (χ3n) is 1.41. The van der Waals surface area contributed by atoms with Crippen LogP contribution in [0.3, 0.4) is 0 Å². The van der Waals surface area contributed by atoms with Crippen LogP contribution in [-0.2, 0) is 10.0 Å². The molecule has 1 aromatic heterocycles. The minimum absolute atomic E-state index is 0.174. The Kier molecular flexibility index (Phi) is 3.14. The second-order valence-corrected chi connectivity index (χ2v) is 5.80. The van der Waals surface area contributed by atoms with Gasteiger partial charge in [0.05, 0.1) is 9.85 Å². The lowest BCUT2D eigenvalue weighted by atomic mass is 10.5. The van der Waals surface area contributed by atoms with Crippen LogP contribution in [0.2, 0.25) is 4.34 Å². The first-order valence-corrected chi connectivity index (χ1v) is 6.04. The van der Waals surface area contributed by atoms with Crippen molar-refractivity contribution in [3.8, 4) is 0 Å². The van der Waals surface area contributed by atoms with Crippen molar-refractivity contribution >= 4 is 44.3 Å². The van der Waals surface area contributed by atoms with Gasteiger partial charge in [-0.2, -0.15) is 0 Å². The summed E-state index contributed by atoms with van der Waals surface area (Å²) >= 11 is 5.52. The van der Waals surface area contributed by atoms with E-state index in [1.54, 1.807) is 0 Å². The van der Waals surface area contributed by atoms with Crippen LogP contribution in [0.1, 0.15) is 0 Å². The van der Waals surface area contributed by atoms with Gasteiger partial charge in [-0.3, -0.25) is 20.2 Å². The summed E-state index contributed by atoms with van der Waals surface area (Å²) in [5.74, 6) is 0. The Morgan fingerprint density at radius 3 is 1.94 bits per heavy atom. The SMILES string of the molecule is NS(=O)(=O)c1sc(Cl)c([N+](=O)[O-])c1[N+](=O)[O-]. The summed E-state index contributed by atoms with van der Waals surface area (Å²) in [6.07, 6.45) is 0. The molecule has 0 bridgehead atoms. The van der Waals surface area contributed by atoms with Crippen molar-refractivity contribution in [2.75, 3.05) is 0 Å². The summed E-state index contributed by atoms with van der Waals surface area (Å²) in [6.45, 7) is 0. The molecule has 0 aliphatic rings. The molecule has 0 aromatic carbocycles. The quantitative estimate of drug-likeness (QED) is 0.644.